The smallest absolute Gasteiger partial charge is 0.341 e. The fourth-order valence-corrected chi connectivity index (χ4v) is 2.04. The zero-order valence-electron chi connectivity index (χ0n) is 9.74. The number of halogens is 3. The Balaban J connectivity index is 2.75. The van der Waals surface area contributed by atoms with E-state index in [1.807, 2.05) is 6.92 Å². The molecule has 0 fully saturated rings. The van der Waals surface area contributed by atoms with Gasteiger partial charge < -0.3 is 5.32 Å². The van der Waals surface area contributed by atoms with Gasteiger partial charge in [0.2, 0.25) is 9.84 Å². The van der Waals surface area contributed by atoms with Gasteiger partial charge in [-0.15, -0.1) is 11.6 Å². The lowest BCUT2D eigenvalue weighted by Crippen LogP contribution is -2.13. The van der Waals surface area contributed by atoms with E-state index in [4.69, 9.17) is 11.6 Å². The molecule has 0 bridgehead atoms. The summed E-state index contributed by atoms with van der Waals surface area (Å²) in [7, 11) is -4.51. The maximum absolute atomic E-state index is 12.3. The lowest BCUT2D eigenvalue weighted by Gasteiger charge is -2.11. The molecular formula is C11H14ClF2NO2S. The highest BCUT2D eigenvalue weighted by molar-refractivity contribution is 7.91. The Morgan fingerprint density at radius 1 is 1.28 bits per heavy atom. The van der Waals surface area contributed by atoms with Crippen molar-refractivity contribution in [3.05, 3.63) is 24.3 Å². The first-order chi connectivity index (χ1) is 8.37. The van der Waals surface area contributed by atoms with E-state index >= 15 is 0 Å². The standard InChI is InChI=1S/C11H14ClF2NO2S/c1-8(6-12)7-15-9-2-4-10(5-3-9)18(16,17)11(13)14/h2-5,8,11,15H,6-7H2,1H3. The molecule has 1 unspecified atom stereocenters. The number of benzene rings is 1. The second-order valence-electron chi connectivity index (χ2n) is 3.97. The van der Waals surface area contributed by atoms with Gasteiger partial charge in [0.05, 0.1) is 4.90 Å². The molecule has 3 nitrogen and oxygen atoms in total. The van der Waals surface area contributed by atoms with Gasteiger partial charge in [0, 0.05) is 18.1 Å². The van der Waals surface area contributed by atoms with E-state index in [1.165, 1.54) is 12.1 Å². The van der Waals surface area contributed by atoms with Gasteiger partial charge >= 0.3 is 5.76 Å². The van der Waals surface area contributed by atoms with Crippen molar-refractivity contribution in [2.75, 3.05) is 17.7 Å². The molecule has 0 aliphatic rings. The first-order valence-electron chi connectivity index (χ1n) is 5.30. The normalized spacial score (nSPS) is 13.6. The maximum atomic E-state index is 12.3. The first-order valence-corrected chi connectivity index (χ1v) is 7.38. The van der Waals surface area contributed by atoms with Gasteiger partial charge in [0.1, 0.15) is 0 Å². The van der Waals surface area contributed by atoms with Crippen molar-refractivity contribution in [1.29, 1.82) is 0 Å². The number of hydrogen-bond acceptors (Lipinski definition) is 3. The molecule has 0 saturated heterocycles. The highest BCUT2D eigenvalue weighted by atomic mass is 35.5. The maximum Gasteiger partial charge on any atom is 0.341 e. The van der Waals surface area contributed by atoms with Gasteiger partial charge in [-0.1, -0.05) is 6.92 Å². The average molecular weight is 298 g/mol. The van der Waals surface area contributed by atoms with Gasteiger partial charge in [0.15, 0.2) is 0 Å². The minimum atomic E-state index is -4.51. The van der Waals surface area contributed by atoms with E-state index in [1.54, 1.807) is 0 Å². The Morgan fingerprint density at radius 3 is 2.28 bits per heavy atom. The highest BCUT2D eigenvalue weighted by Crippen LogP contribution is 2.20. The van der Waals surface area contributed by atoms with E-state index in [-0.39, 0.29) is 10.8 Å². The molecule has 0 heterocycles. The van der Waals surface area contributed by atoms with Crippen LogP contribution in [0.4, 0.5) is 14.5 Å². The molecular weight excluding hydrogens is 284 g/mol. The summed E-state index contributed by atoms with van der Waals surface area (Å²) in [6.07, 6.45) is 0. The molecule has 1 aromatic rings. The summed E-state index contributed by atoms with van der Waals surface area (Å²) in [5.74, 6) is -2.63. The minimum absolute atomic E-state index is 0.260. The molecule has 1 rings (SSSR count). The quantitative estimate of drug-likeness (QED) is 0.821. The molecule has 0 spiro atoms. The third-order valence-corrected chi connectivity index (χ3v) is 4.26. The molecule has 18 heavy (non-hydrogen) atoms. The zero-order valence-corrected chi connectivity index (χ0v) is 11.3. The van der Waals surface area contributed by atoms with Gasteiger partial charge in [-0.3, -0.25) is 0 Å². The van der Waals surface area contributed by atoms with Crippen LogP contribution in [0, 0.1) is 5.92 Å². The van der Waals surface area contributed by atoms with Crippen molar-refractivity contribution in [2.45, 2.75) is 17.6 Å². The van der Waals surface area contributed by atoms with E-state index in [9.17, 15) is 17.2 Å². The van der Waals surface area contributed by atoms with Crippen LogP contribution in [-0.4, -0.2) is 26.6 Å². The third-order valence-electron chi connectivity index (χ3n) is 2.34. The summed E-state index contributed by atoms with van der Waals surface area (Å²) < 4.78 is 46.9. The first kappa shape index (κ1) is 15.2. The highest BCUT2D eigenvalue weighted by Gasteiger charge is 2.26. The fourth-order valence-electron chi connectivity index (χ4n) is 1.21. The molecule has 102 valence electrons. The average Bonchev–Trinajstić information content (AvgIpc) is 2.36. The summed E-state index contributed by atoms with van der Waals surface area (Å²) >= 11 is 5.64. The Labute approximate surface area is 110 Å². The van der Waals surface area contributed by atoms with Crippen LogP contribution in [0.1, 0.15) is 6.92 Å². The molecule has 1 N–H and O–H groups in total. The van der Waals surface area contributed by atoms with Crippen LogP contribution in [0.15, 0.2) is 29.2 Å². The number of alkyl halides is 3. The van der Waals surface area contributed by atoms with E-state index in [0.29, 0.717) is 18.1 Å². The fraction of sp³-hybridized carbons (Fsp3) is 0.455. The lowest BCUT2D eigenvalue weighted by atomic mass is 10.2. The van der Waals surface area contributed by atoms with Crippen molar-refractivity contribution in [1.82, 2.24) is 0 Å². The second kappa shape index (κ2) is 6.33. The Hall–Kier alpha value is -0.880. The predicted octanol–water partition coefficient (Wildman–Crippen LogP) is 2.97. The van der Waals surface area contributed by atoms with Gasteiger partial charge in [0.25, 0.3) is 0 Å². The summed E-state index contributed by atoms with van der Waals surface area (Å²) in [4.78, 5) is -0.381. The van der Waals surface area contributed by atoms with Crippen LogP contribution in [0.5, 0.6) is 0 Å². The zero-order chi connectivity index (χ0) is 13.8. The molecule has 0 amide bonds. The molecule has 0 radical (unpaired) electrons. The van der Waals surface area contributed by atoms with Crippen molar-refractivity contribution < 1.29 is 17.2 Å². The SMILES string of the molecule is CC(CCl)CNc1ccc(S(=O)(=O)C(F)F)cc1. The van der Waals surface area contributed by atoms with E-state index in [0.717, 1.165) is 12.1 Å². The van der Waals surface area contributed by atoms with Crippen LogP contribution < -0.4 is 5.32 Å². The van der Waals surface area contributed by atoms with Gasteiger partial charge in [-0.05, 0) is 30.2 Å². The van der Waals surface area contributed by atoms with Crippen LogP contribution >= 0.6 is 11.6 Å². The number of rotatable bonds is 6. The Bertz CT molecular complexity index is 476. The third kappa shape index (κ3) is 3.81. The van der Waals surface area contributed by atoms with Crippen LogP contribution in [-0.2, 0) is 9.84 Å². The molecule has 0 saturated carbocycles. The van der Waals surface area contributed by atoms with Crippen LogP contribution in [0.3, 0.4) is 0 Å². The molecule has 1 aromatic carbocycles. The van der Waals surface area contributed by atoms with Crippen molar-refractivity contribution in [2.24, 2.45) is 5.92 Å². The summed E-state index contributed by atoms with van der Waals surface area (Å²) in [5, 5.41) is 3.04. The van der Waals surface area contributed by atoms with Crippen molar-refractivity contribution >= 4 is 27.1 Å². The number of hydrogen-bond donors (Lipinski definition) is 1. The Morgan fingerprint density at radius 2 is 1.83 bits per heavy atom. The predicted molar refractivity (Wildman–Crippen MR) is 68.0 cm³/mol. The van der Waals surface area contributed by atoms with Gasteiger partial charge in [-0.2, -0.15) is 8.78 Å². The van der Waals surface area contributed by atoms with Gasteiger partial charge in [-0.25, -0.2) is 8.42 Å². The van der Waals surface area contributed by atoms with Crippen molar-refractivity contribution in [3.8, 4) is 0 Å². The number of nitrogens with one attached hydrogen (secondary N) is 1. The monoisotopic (exact) mass is 297 g/mol. The van der Waals surface area contributed by atoms with Crippen LogP contribution in [0.2, 0.25) is 0 Å². The summed E-state index contributed by atoms with van der Waals surface area (Å²) in [6, 6.07) is 5.23. The lowest BCUT2D eigenvalue weighted by molar-refractivity contribution is 0.234. The minimum Gasteiger partial charge on any atom is -0.385 e. The number of sulfone groups is 1. The molecule has 0 aromatic heterocycles. The molecule has 0 aliphatic heterocycles. The number of anilines is 1. The summed E-state index contributed by atoms with van der Waals surface area (Å²) in [5.41, 5.74) is 0.667. The largest absolute Gasteiger partial charge is 0.385 e. The summed E-state index contributed by atoms with van der Waals surface area (Å²) in [6.45, 7) is 2.58. The van der Waals surface area contributed by atoms with E-state index < -0.39 is 15.6 Å². The topological polar surface area (TPSA) is 46.2 Å². The molecule has 7 heteroatoms. The van der Waals surface area contributed by atoms with Crippen molar-refractivity contribution in [3.63, 3.8) is 0 Å². The second-order valence-corrected chi connectivity index (χ2v) is 6.20. The molecule has 0 aliphatic carbocycles. The van der Waals surface area contributed by atoms with Crippen LogP contribution in [0.25, 0.3) is 0 Å². The van der Waals surface area contributed by atoms with E-state index in [2.05, 4.69) is 5.32 Å². The Kier molecular flexibility index (Phi) is 5.34. The molecule has 1 atom stereocenters.